The molecule has 224 valence electrons. The zero-order valence-corrected chi connectivity index (χ0v) is 25.3. The fourth-order valence-corrected chi connectivity index (χ4v) is 6.70. The number of rotatable bonds is 7. The molecule has 1 aromatic heterocycles. The molecule has 2 fully saturated rings. The number of benzene rings is 2. The fraction of sp³-hybridized carbons (Fsp3) is 0.438. The predicted molar refractivity (Wildman–Crippen MR) is 168 cm³/mol. The molecular weight excluding hydrogens is 566 g/mol. The number of carbonyl (C=O) groups is 1. The Morgan fingerprint density at radius 2 is 2.00 bits per heavy atom. The molecular formula is C32H36ClN7O3. The van der Waals surface area contributed by atoms with E-state index in [9.17, 15) is 4.79 Å². The van der Waals surface area contributed by atoms with Crippen molar-refractivity contribution in [1.82, 2.24) is 19.8 Å². The van der Waals surface area contributed by atoms with E-state index in [1.807, 2.05) is 26.2 Å². The molecule has 2 aromatic carbocycles. The van der Waals surface area contributed by atoms with E-state index in [1.54, 1.807) is 4.90 Å². The molecule has 1 amide bonds. The largest absolute Gasteiger partial charge is 0.456 e. The minimum Gasteiger partial charge on any atom is -0.456 e. The molecule has 0 radical (unpaired) electrons. The first-order chi connectivity index (χ1) is 20.9. The average Bonchev–Trinajstić information content (AvgIpc) is 3.48. The van der Waals surface area contributed by atoms with Gasteiger partial charge in [-0.05, 0) is 44.1 Å². The van der Waals surface area contributed by atoms with E-state index in [-0.39, 0.29) is 30.6 Å². The zero-order chi connectivity index (χ0) is 30.1. The van der Waals surface area contributed by atoms with Crippen molar-refractivity contribution in [3.05, 3.63) is 76.8 Å². The molecule has 3 aliphatic rings. The van der Waals surface area contributed by atoms with Gasteiger partial charge in [-0.15, -0.1) is 0 Å². The fourth-order valence-electron chi connectivity index (χ4n) is 6.42. The number of aromatic nitrogens is 2. The van der Waals surface area contributed by atoms with E-state index in [1.165, 1.54) is 6.08 Å². The average molecular weight is 602 g/mol. The van der Waals surface area contributed by atoms with Crippen molar-refractivity contribution in [2.75, 3.05) is 69.8 Å². The molecule has 0 aliphatic carbocycles. The van der Waals surface area contributed by atoms with Crippen LogP contribution in [0.2, 0.25) is 5.02 Å². The molecule has 3 aliphatic heterocycles. The molecule has 0 N–H and O–H groups in total. The van der Waals surface area contributed by atoms with Crippen molar-refractivity contribution >= 4 is 39.8 Å². The molecule has 3 atom stereocenters. The van der Waals surface area contributed by atoms with Gasteiger partial charge in [0.15, 0.2) is 0 Å². The maximum atomic E-state index is 12.6. The van der Waals surface area contributed by atoms with Crippen LogP contribution in [0.1, 0.15) is 11.3 Å². The Balaban J connectivity index is 1.37. The molecule has 43 heavy (non-hydrogen) atoms. The smallest absolute Gasteiger partial charge is 0.319 e. The summed E-state index contributed by atoms with van der Waals surface area (Å²) < 4.78 is 12.2. The first-order valence-electron chi connectivity index (χ1n) is 14.6. The minimum absolute atomic E-state index is 0.0916. The highest BCUT2D eigenvalue weighted by atomic mass is 35.5. The van der Waals surface area contributed by atoms with Crippen LogP contribution in [0.25, 0.3) is 15.6 Å². The summed E-state index contributed by atoms with van der Waals surface area (Å²) in [5, 5.41) is 2.85. The molecule has 0 bridgehead atoms. The van der Waals surface area contributed by atoms with Gasteiger partial charge in [-0.1, -0.05) is 42.4 Å². The summed E-state index contributed by atoms with van der Waals surface area (Å²) >= 11 is 6.70. The van der Waals surface area contributed by atoms with Crippen molar-refractivity contribution in [3.8, 4) is 6.01 Å². The summed E-state index contributed by atoms with van der Waals surface area (Å²) in [5.41, 5.74) is 3.05. The summed E-state index contributed by atoms with van der Waals surface area (Å²) in [6.45, 7) is 15.3. The number of likely N-dealkylation sites (N-methyl/N-ethyl adjacent to an activating group) is 1. The van der Waals surface area contributed by atoms with Gasteiger partial charge in [0, 0.05) is 42.8 Å². The van der Waals surface area contributed by atoms with E-state index in [2.05, 4.69) is 50.4 Å². The van der Waals surface area contributed by atoms with Gasteiger partial charge in [0.25, 0.3) is 0 Å². The lowest BCUT2D eigenvalue weighted by molar-refractivity contribution is -0.128. The van der Waals surface area contributed by atoms with Gasteiger partial charge in [0.05, 0.1) is 36.5 Å². The molecule has 1 unspecified atom stereocenters. The van der Waals surface area contributed by atoms with Crippen LogP contribution in [0.3, 0.4) is 0 Å². The third-order valence-corrected chi connectivity index (χ3v) is 8.97. The molecule has 0 saturated carbocycles. The summed E-state index contributed by atoms with van der Waals surface area (Å²) in [6, 6.07) is 12.4. The summed E-state index contributed by atoms with van der Waals surface area (Å²) in [7, 11) is 4.03. The lowest BCUT2D eigenvalue weighted by atomic mass is 10.0. The van der Waals surface area contributed by atoms with Crippen molar-refractivity contribution < 1.29 is 14.3 Å². The SMILES string of the molecule is [C-]#[N+]CC1CN(c2nc(O[C@@H]3COC[C@H]3N(C)C)nc3c2CCN(c2cccc4cccc(Cl)c24)C3)CCN1C(=O)C=C. The Hall–Kier alpha value is -3.91. The maximum Gasteiger partial charge on any atom is 0.319 e. The number of piperazine rings is 1. The third kappa shape index (κ3) is 5.73. The Labute approximate surface area is 257 Å². The van der Waals surface area contributed by atoms with Crippen LogP contribution in [-0.4, -0.2) is 104 Å². The molecule has 0 spiro atoms. The van der Waals surface area contributed by atoms with Gasteiger partial charge in [-0.3, -0.25) is 4.79 Å². The van der Waals surface area contributed by atoms with Gasteiger partial charge < -0.3 is 33.9 Å². The van der Waals surface area contributed by atoms with Crippen LogP contribution in [0.4, 0.5) is 11.5 Å². The monoisotopic (exact) mass is 601 g/mol. The molecule has 6 rings (SSSR count). The normalized spacial score (nSPS) is 22.0. The van der Waals surface area contributed by atoms with Crippen molar-refractivity contribution in [2.45, 2.75) is 31.2 Å². The highest BCUT2D eigenvalue weighted by Gasteiger charge is 2.36. The van der Waals surface area contributed by atoms with E-state index in [0.717, 1.165) is 51.5 Å². The molecule has 2 saturated heterocycles. The lowest BCUT2D eigenvalue weighted by Gasteiger charge is -2.41. The Kier molecular flexibility index (Phi) is 8.39. The summed E-state index contributed by atoms with van der Waals surface area (Å²) in [6.07, 6.45) is 1.86. The Morgan fingerprint density at radius 1 is 1.19 bits per heavy atom. The Bertz CT molecular complexity index is 1570. The van der Waals surface area contributed by atoms with Crippen LogP contribution in [-0.2, 0) is 22.5 Å². The molecule has 10 nitrogen and oxygen atoms in total. The predicted octanol–water partition coefficient (Wildman–Crippen LogP) is 3.68. The van der Waals surface area contributed by atoms with E-state index in [0.29, 0.717) is 45.4 Å². The van der Waals surface area contributed by atoms with Crippen molar-refractivity contribution in [2.24, 2.45) is 0 Å². The van der Waals surface area contributed by atoms with Gasteiger partial charge in [0.2, 0.25) is 12.5 Å². The topological polar surface area (TPSA) is 78.6 Å². The number of ether oxygens (including phenoxy) is 2. The number of anilines is 2. The summed E-state index contributed by atoms with van der Waals surface area (Å²) in [5.74, 6) is 0.666. The van der Waals surface area contributed by atoms with E-state index >= 15 is 0 Å². The summed E-state index contributed by atoms with van der Waals surface area (Å²) in [4.78, 5) is 34.5. The number of hydrogen-bond donors (Lipinski definition) is 0. The van der Waals surface area contributed by atoms with Crippen LogP contribution < -0.4 is 14.5 Å². The van der Waals surface area contributed by atoms with Crippen LogP contribution in [0, 0.1) is 6.57 Å². The van der Waals surface area contributed by atoms with Gasteiger partial charge in [-0.25, -0.2) is 6.57 Å². The molecule has 3 aromatic rings. The molecule has 11 heteroatoms. The number of fused-ring (bicyclic) bond motifs is 2. The highest BCUT2D eigenvalue weighted by molar-refractivity contribution is 6.36. The number of carbonyl (C=O) groups excluding carboxylic acids is 1. The van der Waals surface area contributed by atoms with Crippen LogP contribution >= 0.6 is 11.6 Å². The third-order valence-electron chi connectivity index (χ3n) is 8.66. The zero-order valence-electron chi connectivity index (χ0n) is 24.6. The number of halogens is 1. The van der Waals surface area contributed by atoms with E-state index in [4.69, 9.17) is 37.6 Å². The highest BCUT2D eigenvalue weighted by Crippen LogP contribution is 2.37. The second-order valence-electron chi connectivity index (χ2n) is 11.4. The van der Waals surface area contributed by atoms with Crippen molar-refractivity contribution in [3.63, 3.8) is 0 Å². The van der Waals surface area contributed by atoms with Gasteiger partial charge >= 0.3 is 6.01 Å². The quantitative estimate of drug-likeness (QED) is 0.300. The van der Waals surface area contributed by atoms with Crippen molar-refractivity contribution in [1.29, 1.82) is 0 Å². The lowest BCUT2D eigenvalue weighted by Crippen LogP contribution is -2.56. The molecule has 4 heterocycles. The van der Waals surface area contributed by atoms with Crippen LogP contribution in [0.15, 0.2) is 49.1 Å². The second-order valence-corrected chi connectivity index (χ2v) is 11.8. The number of nitrogens with zero attached hydrogens (tertiary/aromatic N) is 7. The Morgan fingerprint density at radius 3 is 2.77 bits per heavy atom. The first-order valence-corrected chi connectivity index (χ1v) is 15.0. The number of hydrogen-bond acceptors (Lipinski definition) is 8. The van der Waals surface area contributed by atoms with E-state index < -0.39 is 0 Å². The maximum absolute atomic E-state index is 12.6. The van der Waals surface area contributed by atoms with Gasteiger partial charge in [0.1, 0.15) is 18.0 Å². The number of amides is 1. The van der Waals surface area contributed by atoms with Gasteiger partial charge in [-0.2, -0.15) is 9.97 Å². The first kappa shape index (κ1) is 29.2. The minimum atomic E-state index is -0.258. The second kappa shape index (κ2) is 12.4. The standard InChI is InChI=1S/C32H36ClN7O3/c1-5-29(41)40-15-14-39(17-22(40)16-34-2)31-23-12-13-38(26-11-7-9-21-8-6-10-24(33)30(21)26)18-25(23)35-32(36-31)43-28-20-42-19-27(28)37(3)4/h5-11,22,27-28H,1,12-20H2,3-4H3/t22?,27-,28-/m1/s1. The van der Waals surface area contributed by atoms with Crippen LogP contribution in [0.5, 0.6) is 6.01 Å².